The minimum Gasteiger partial charge on any atom is -0.355 e. The molecular weight excluding hydrogens is 390 g/mol. The summed E-state index contributed by atoms with van der Waals surface area (Å²) in [6, 6.07) is 7.72. The predicted octanol–water partition coefficient (Wildman–Crippen LogP) is 2.73. The van der Waals surface area contributed by atoms with E-state index in [-0.39, 0.29) is 48.8 Å². The number of nitrogens with zero attached hydrogens (tertiary/aromatic N) is 1. The number of unbranched alkanes of at least 4 members (excludes halogenated alkanes) is 1. The van der Waals surface area contributed by atoms with Gasteiger partial charge in [-0.15, -0.1) is 12.4 Å². The van der Waals surface area contributed by atoms with Gasteiger partial charge in [-0.1, -0.05) is 37.6 Å². The highest BCUT2D eigenvalue weighted by Crippen LogP contribution is 2.18. The van der Waals surface area contributed by atoms with Crippen LogP contribution in [0.1, 0.15) is 61.4 Å². The van der Waals surface area contributed by atoms with Gasteiger partial charge in [0.25, 0.3) is 0 Å². The van der Waals surface area contributed by atoms with Crippen molar-refractivity contribution in [2.75, 3.05) is 26.2 Å². The topological polar surface area (TPSA) is 92.5 Å². The molecule has 3 N–H and O–H groups in total. The molecule has 1 aliphatic rings. The highest BCUT2D eigenvalue weighted by Gasteiger charge is 2.28. The average Bonchev–Trinajstić information content (AvgIpc) is 2.74. The zero-order chi connectivity index (χ0) is 20.4. The molecule has 1 aliphatic heterocycles. The first-order valence-electron chi connectivity index (χ1n) is 10.4. The Balaban J connectivity index is 0.00000420. The van der Waals surface area contributed by atoms with Crippen LogP contribution in [0, 0.1) is 5.92 Å². The Morgan fingerprint density at radius 2 is 1.90 bits per heavy atom. The van der Waals surface area contributed by atoms with E-state index in [0.717, 1.165) is 32.1 Å². The molecule has 0 aromatic heterocycles. The average molecular weight is 424 g/mol. The van der Waals surface area contributed by atoms with Crippen LogP contribution in [0.25, 0.3) is 0 Å². The monoisotopic (exact) mass is 423 g/mol. The molecule has 0 saturated carbocycles. The van der Waals surface area contributed by atoms with E-state index in [2.05, 4.69) is 12.2 Å². The number of ketones is 1. The molecule has 1 fully saturated rings. The number of nitrogens with two attached hydrogens (primary N) is 1. The summed E-state index contributed by atoms with van der Waals surface area (Å²) in [5.41, 5.74) is 7.31. The number of nitrogens with one attached hydrogen (secondary N) is 1. The van der Waals surface area contributed by atoms with Crippen molar-refractivity contribution in [3.63, 3.8) is 0 Å². The third-order valence-corrected chi connectivity index (χ3v) is 5.25. The number of hydrogen-bond donors (Lipinski definition) is 2. The summed E-state index contributed by atoms with van der Waals surface area (Å²) in [4.78, 5) is 38.7. The number of amides is 2. The molecule has 1 unspecified atom stereocenters. The zero-order valence-corrected chi connectivity index (χ0v) is 18.1. The maximum atomic E-state index is 12.5. The summed E-state index contributed by atoms with van der Waals surface area (Å²) < 4.78 is 0. The first-order valence-corrected chi connectivity index (χ1v) is 10.4. The Kier molecular flexibility index (Phi) is 11.5. The molecule has 29 heavy (non-hydrogen) atoms. The Morgan fingerprint density at radius 1 is 1.17 bits per heavy atom. The van der Waals surface area contributed by atoms with Crippen LogP contribution in [0.15, 0.2) is 24.3 Å². The van der Waals surface area contributed by atoms with E-state index in [1.807, 2.05) is 24.3 Å². The predicted molar refractivity (Wildman–Crippen MR) is 117 cm³/mol. The van der Waals surface area contributed by atoms with E-state index in [1.165, 1.54) is 5.56 Å². The lowest BCUT2D eigenvalue weighted by Crippen LogP contribution is -2.46. The van der Waals surface area contributed by atoms with Crippen LogP contribution in [-0.2, 0) is 16.0 Å². The molecule has 1 heterocycles. The summed E-state index contributed by atoms with van der Waals surface area (Å²) in [7, 11) is 0. The molecule has 1 aromatic carbocycles. The lowest BCUT2D eigenvalue weighted by atomic mass is 9.96. The van der Waals surface area contributed by atoms with Crippen LogP contribution in [0.3, 0.4) is 0 Å². The van der Waals surface area contributed by atoms with Crippen LogP contribution in [0.5, 0.6) is 0 Å². The number of likely N-dealkylation sites (tertiary alicyclic amines) is 1. The number of rotatable bonds is 10. The zero-order valence-electron chi connectivity index (χ0n) is 17.3. The lowest BCUT2D eigenvalue weighted by Gasteiger charge is -2.32. The van der Waals surface area contributed by atoms with Crippen molar-refractivity contribution in [2.24, 2.45) is 11.7 Å². The van der Waals surface area contributed by atoms with Gasteiger partial charge in [-0.3, -0.25) is 14.4 Å². The standard InChI is InChI=1S/C22H33N3O3.ClH/c1-2-3-5-17-7-9-18(10-8-17)20(26)11-12-21(27)25-15-4-6-19(16-25)22(28)24-14-13-23;/h7-10,19H,2-6,11-16,23H2,1H3,(H,24,28);1H. The van der Waals surface area contributed by atoms with Crippen molar-refractivity contribution in [1.82, 2.24) is 10.2 Å². The normalized spacial score (nSPS) is 16.1. The molecule has 0 aliphatic carbocycles. The van der Waals surface area contributed by atoms with Gasteiger partial charge in [0, 0.05) is 44.6 Å². The van der Waals surface area contributed by atoms with E-state index in [4.69, 9.17) is 5.73 Å². The second kappa shape index (κ2) is 13.3. The third kappa shape index (κ3) is 8.15. The summed E-state index contributed by atoms with van der Waals surface area (Å²) >= 11 is 0. The van der Waals surface area contributed by atoms with Crippen LogP contribution in [0.4, 0.5) is 0 Å². The van der Waals surface area contributed by atoms with Gasteiger partial charge in [0.2, 0.25) is 11.8 Å². The minimum atomic E-state index is -0.185. The number of carbonyl (C=O) groups excluding carboxylic acids is 3. The van der Waals surface area contributed by atoms with Crippen molar-refractivity contribution in [3.05, 3.63) is 35.4 Å². The van der Waals surface area contributed by atoms with Crippen LogP contribution < -0.4 is 11.1 Å². The fourth-order valence-electron chi connectivity index (χ4n) is 3.52. The Morgan fingerprint density at radius 3 is 2.55 bits per heavy atom. The third-order valence-electron chi connectivity index (χ3n) is 5.25. The van der Waals surface area contributed by atoms with Crippen molar-refractivity contribution in [2.45, 2.75) is 51.9 Å². The number of benzene rings is 1. The number of aryl methyl sites for hydroxylation is 1. The van der Waals surface area contributed by atoms with Gasteiger partial charge in [0.1, 0.15) is 0 Å². The van der Waals surface area contributed by atoms with Gasteiger partial charge < -0.3 is 16.0 Å². The van der Waals surface area contributed by atoms with Gasteiger partial charge in [-0.05, 0) is 31.2 Å². The molecule has 162 valence electrons. The fraction of sp³-hybridized carbons (Fsp3) is 0.591. The first-order chi connectivity index (χ1) is 13.5. The highest BCUT2D eigenvalue weighted by molar-refractivity contribution is 5.98. The van der Waals surface area contributed by atoms with Gasteiger partial charge >= 0.3 is 0 Å². The Labute approximate surface area is 180 Å². The van der Waals surface area contributed by atoms with Crippen LogP contribution in [0.2, 0.25) is 0 Å². The van der Waals surface area contributed by atoms with E-state index in [1.54, 1.807) is 4.90 Å². The molecule has 0 bridgehead atoms. The highest BCUT2D eigenvalue weighted by atomic mass is 35.5. The summed E-state index contributed by atoms with van der Waals surface area (Å²) in [5, 5.41) is 2.79. The molecule has 0 spiro atoms. The molecule has 2 amide bonds. The lowest BCUT2D eigenvalue weighted by molar-refractivity contribution is -0.135. The van der Waals surface area contributed by atoms with Gasteiger partial charge in [0.05, 0.1) is 5.92 Å². The van der Waals surface area contributed by atoms with Crippen molar-refractivity contribution < 1.29 is 14.4 Å². The van der Waals surface area contributed by atoms with Crippen molar-refractivity contribution >= 4 is 30.0 Å². The number of hydrogen-bond acceptors (Lipinski definition) is 4. The Bertz CT molecular complexity index is 664. The molecule has 1 aromatic rings. The fourth-order valence-corrected chi connectivity index (χ4v) is 3.52. The van der Waals surface area contributed by atoms with Crippen molar-refractivity contribution in [3.8, 4) is 0 Å². The summed E-state index contributed by atoms with van der Waals surface area (Å²) in [6.07, 6.45) is 5.29. The van der Waals surface area contributed by atoms with Crippen molar-refractivity contribution in [1.29, 1.82) is 0 Å². The maximum Gasteiger partial charge on any atom is 0.224 e. The number of carbonyl (C=O) groups is 3. The smallest absolute Gasteiger partial charge is 0.224 e. The largest absolute Gasteiger partial charge is 0.355 e. The molecule has 6 nitrogen and oxygen atoms in total. The second-order valence-electron chi connectivity index (χ2n) is 7.48. The Hall–Kier alpha value is -1.92. The van der Waals surface area contributed by atoms with Gasteiger partial charge in [0.15, 0.2) is 5.78 Å². The maximum absolute atomic E-state index is 12.5. The van der Waals surface area contributed by atoms with E-state index in [0.29, 0.717) is 31.7 Å². The van der Waals surface area contributed by atoms with E-state index in [9.17, 15) is 14.4 Å². The summed E-state index contributed by atoms with van der Waals surface area (Å²) in [6.45, 7) is 4.10. The van der Waals surface area contributed by atoms with E-state index < -0.39 is 0 Å². The van der Waals surface area contributed by atoms with E-state index >= 15 is 0 Å². The quantitative estimate of drug-likeness (QED) is 0.566. The number of Topliss-reactive ketones (excluding diaryl/α,β-unsaturated/α-hetero) is 1. The molecule has 7 heteroatoms. The SMILES string of the molecule is CCCCc1ccc(C(=O)CCC(=O)N2CCCC(C(=O)NCCN)C2)cc1.Cl. The van der Waals surface area contributed by atoms with Crippen LogP contribution >= 0.6 is 12.4 Å². The van der Waals surface area contributed by atoms with Crippen LogP contribution in [-0.4, -0.2) is 48.7 Å². The molecule has 1 saturated heterocycles. The molecule has 0 radical (unpaired) electrons. The first kappa shape index (κ1) is 25.1. The van der Waals surface area contributed by atoms with Gasteiger partial charge in [-0.25, -0.2) is 0 Å². The molecule has 1 atom stereocenters. The molecular formula is C22H34ClN3O3. The second-order valence-corrected chi connectivity index (χ2v) is 7.48. The van der Waals surface area contributed by atoms with Gasteiger partial charge in [-0.2, -0.15) is 0 Å². The summed E-state index contributed by atoms with van der Waals surface area (Å²) in [5.74, 6) is -0.285. The number of halogens is 1. The molecule has 2 rings (SSSR count). The minimum absolute atomic E-state index is 0. The number of piperidine rings is 1.